The lowest BCUT2D eigenvalue weighted by molar-refractivity contribution is 0.00480. The average molecular weight is 421 g/mol. The molecule has 4 rings (SSSR count). The lowest BCUT2D eigenvalue weighted by atomic mass is 9.96. The number of benzene rings is 3. The topological polar surface area (TPSA) is 71.0 Å². The quantitative estimate of drug-likeness (QED) is 0.615. The number of hydrogen-bond donors (Lipinski definition) is 2. The van der Waals surface area contributed by atoms with Gasteiger partial charge in [0.2, 0.25) is 0 Å². The van der Waals surface area contributed by atoms with Gasteiger partial charge in [0.1, 0.15) is 18.5 Å². The number of ether oxygens (including phenoxy) is 2. The van der Waals surface area contributed by atoms with E-state index >= 15 is 0 Å². The van der Waals surface area contributed by atoms with E-state index in [1.165, 1.54) is 0 Å². The first-order valence-corrected chi connectivity index (χ1v) is 10.6. The summed E-state index contributed by atoms with van der Waals surface area (Å²) in [4.78, 5) is 14.2. The predicted molar refractivity (Wildman–Crippen MR) is 122 cm³/mol. The van der Waals surface area contributed by atoms with Crippen LogP contribution < -0.4 is 10.1 Å². The highest BCUT2D eigenvalue weighted by molar-refractivity contribution is 6.01. The molecule has 1 heterocycles. The van der Waals surface area contributed by atoms with Gasteiger partial charge in [-0.2, -0.15) is 0 Å². The van der Waals surface area contributed by atoms with Gasteiger partial charge in [-0.05, 0) is 34.7 Å². The number of hydrogen-bond acceptors (Lipinski definition) is 5. The second kappa shape index (κ2) is 9.92. The standard InChI is InChI=1S/C25H28N2O4/c1-26-25(29)19-6-4-5-18(15-19)21-9-10-24(23-8-3-2-7-22(21)23)31-17-20(28)16-27-11-13-30-14-12-27/h2-10,15,20,28H,11-14,16-17H2,1H3,(H,26,29). The number of amides is 1. The molecule has 1 unspecified atom stereocenters. The third-order valence-electron chi connectivity index (χ3n) is 5.55. The molecule has 1 amide bonds. The fourth-order valence-corrected chi connectivity index (χ4v) is 3.94. The maximum Gasteiger partial charge on any atom is 0.251 e. The van der Waals surface area contributed by atoms with Crippen LogP contribution in [0.5, 0.6) is 5.75 Å². The zero-order valence-electron chi connectivity index (χ0n) is 17.7. The Morgan fingerprint density at radius 3 is 2.65 bits per heavy atom. The Labute approximate surface area is 182 Å². The molecule has 0 aromatic heterocycles. The van der Waals surface area contributed by atoms with Crippen LogP contribution in [0.3, 0.4) is 0 Å². The maximum absolute atomic E-state index is 12.0. The molecule has 1 fully saturated rings. The predicted octanol–water partition coefficient (Wildman–Crippen LogP) is 2.94. The van der Waals surface area contributed by atoms with E-state index in [0.29, 0.717) is 25.3 Å². The molecule has 1 atom stereocenters. The minimum absolute atomic E-state index is 0.111. The van der Waals surface area contributed by atoms with Crippen LogP contribution in [0.4, 0.5) is 0 Å². The first kappa shape index (κ1) is 21.3. The normalized spacial score (nSPS) is 15.5. The first-order chi connectivity index (χ1) is 15.2. The molecular formula is C25H28N2O4. The van der Waals surface area contributed by atoms with Crippen LogP contribution in [-0.2, 0) is 4.74 Å². The van der Waals surface area contributed by atoms with Crippen LogP contribution in [-0.4, -0.2) is 68.5 Å². The van der Waals surface area contributed by atoms with Crippen molar-refractivity contribution in [3.63, 3.8) is 0 Å². The summed E-state index contributed by atoms with van der Waals surface area (Å²) >= 11 is 0. The van der Waals surface area contributed by atoms with Gasteiger partial charge in [-0.15, -0.1) is 0 Å². The molecule has 3 aromatic rings. The molecular weight excluding hydrogens is 392 g/mol. The summed E-state index contributed by atoms with van der Waals surface area (Å²) in [6.07, 6.45) is -0.569. The highest BCUT2D eigenvalue weighted by Crippen LogP contribution is 2.34. The summed E-state index contributed by atoms with van der Waals surface area (Å²) in [6, 6.07) is 19.6. The highest BCUT2D eigenvalue weighted by Gasteiger charge is 2.16. The summed E-state index contributed by atoms with van der Waals surface area (Å²) in [6.45, 7) is 3.90. The van der Waals surface area contributed by atoms with Gasteiger partial charge >= 0.3 is 0 Å². The molecule has 0 spiro atoms. The van der Waals surface area contributed by atoms with Crippen molar-refractivity contribution in [1.82, 2.24) is 10.2 Å². The number of nitrogens with zero attached hydrogens (tertiary/aromatic N) is 1. The molecule has 0 bridgehead atoms. The Hall–Kier alpha value is -2.93. The zero-order valence-corrected chi connectivity index (χ0v) is 17.7. The molecule has 162 valence electrons. The minimum Gasteiger partial charge on any atom is -0.490 e. The van der Waals surface area contributed by atoms with Crippen molar-refractivity contribution in [3.8, 4) is 16.9 Å². The van der Waals surface area contributed by atoms with E-state index in [2.05, 4.69) is 10.2 Å². The number of rotatable bonds is 7. The Bertz CT molecular complexity index is 1050. The van der Waals surface area contributed by atoms with Crippen LogP contribution in [0.2, 0.25) is 0 Å². The van der Waals surface area contributed by atoms with Crippen molar-refractivity contribution in [3.05, 3.63) is 66.2 Å². The number of aliphatic hydroxyl groups is 1. The number of β-amino-alcohol motifs (C(OH)–C–C–N with tert-alkyl or cyclic N) is 1. The summed E-state index contributed by atoms with van der Waals surface area (Å²) in [5.41, 5.74) is 2.62. The zero-order chi connectivity index (χ0) is 21.6. The molecule has 1 saturated heterocycles. The largest absolute Gasteiger partial charge is 0.490 e. The van der Waals surface area contributed by atoms with E-state index in [9.17, 15) is 9.90 Å². The smallest absolute Gasteiger partial charge is 0.251 e. The molecule has 1 aliphatic heterocycles. The Kier molecular flexibility index (Phi) is 6.82. The summed E-state index contributed by atoms with van der Waals surface area (Å²) < 4.78 is 11.4. The van der Waals surface area contributed by atoms with Crippen molar-refractivity contribution >= 4 is 16.7 Å². The number of nitrogens with one attached hydrogen (secondary N) is 1. The van der Waals surface area contributed by atoms with Gasteiger partial charge < -0.3 is 19.9 Å². The minimum atomic E-state index is -0.569. The summed E-state index contributed by atoms with van der Waals surface area (Å²) in [7, 11) is 1.63. The van der Waals surface area contributed by atoms with Crippen molar-refractivity contribution in [2.24, 2.45) is 0 Å². The van der Waals surface area contributed by atoms with E-state index in [1.807, 2.05) is 54.6 Å². The number of carbonyl (C=O) groups excluding carboxylic acids is 1. The van der Waals surface area contributed by atoms with Crippen molar-refractivity contribution in [1.29, 1.82) is 0 Å². The molecule has 2 N–H and O–H groups in total. The molecule has 6 heteroatoms. The average Bonchev–Trinajstić information content (AvgIpc) is 2.82. The molecule has 3 aromatic carbocycles. The molecule has 1 aliphatic rings. The van der Waals surface area contributed by atoms with Gasteiger partial charge in [-0.3, -0.25) is 9.69 Å². The van der Waals surface area contributed by atoms with E-state index in [-0.39, 0.29) is 12.5 Å². The molecule has 0 radical (unpaired) electrons. The fourth-order valence-electron chi connectivity index (χ4n) is 3.94. The van der Waals surface area contributed by atoms with Crippen LogP contribution in [0.15, 0.2) is 60.7 Å². The van der Waals surface area contributed by atoms with Crippen LogP contribution in [0.1, 0.15) is 10.4 Å². The van der Waals surface area contributed by atoms with Gasteiger partial charge in [-0.25, -0.2) is 0 Å². The van der Waals surface area contributed by atoms with Crippen LogP contribution in [0.25, 0.3) is 21.9 Å². The third-order valence-corrected chi connectivity index (χ3v) is 5.55. The Morgan fingerprint density at radius 1 is 1.10 bits per heavy atom. The molecule has 0 aliphatic carbocycles. The maximum atomic E-state index is 12.0. The summed E-state index contributed by atoms with van der Waals surface area (Å²) in [5, 5.41) is 15.1. The van der Waals surface area contributed by atoms with E-state index in [4.69, 9.17) is 9.47 Å². The number of morpholine rings is 1. The van der Waals surface area contributed by atoms with E-state index in [0.717, 1.165) is 40.7 Å². The van der Waals surface area contributed by atoms with Gasteiger partial charge in [0.05, 0.1) is 13.2 Å². The Morgan fingerprint density at radius 2 is 1.87 bits per heavy atom. The second-order valence-corrected chi connectivity index (χ2v) is 7.69. The van der Waals surface area contributed by atoms with Gasteiger partial charge in [0.15, 0.2) is 0 Å². The highest BCUT2D eigenvalue weighted by atomic mass is 16.5. The molecule has 0 saturated carbocycles. The van der Waals surface area contributed by atoms with Crippen LogP contribution >= 0.6 is 0 Å². The summed E-state index contributed by atoms with van der Waals surface area (Å²) in [5.74, 6) is 0.628. The van der Waals surface area contributed by atoms with Gasteiger partial charge in [-0.1, -0.05) is 42.5 Å². The number of fused-ring (bicyclic) bond motifs is 1. The molecule has 31 heavy (non-hydrogen) atoms. The molecule has 6 nitrogen and oxygen atoms in total. The fraction of sp³-hybridized carbons (Fsp3) is 0.320. The first-order valence-electron chi connectivity index (χ1n) is 10.6. The third kappa shape index (κ3) is 5.05. The van der Waals surface area contributed by atoms with E-state index in [1.54, 1.807) is 13.1 Å². The van der Waals surface area contributed by atoms with Gasteiger partial charge in [0, 0.05) is 37.6 Å². The van der Waals surface area contributed by atoms with Gasteiger partial charge in [0.25, 0.3) is 5.91 Å². The SMILES string of the molecule is CNC(=O)c1cccc(-c2ccc(OCC(O)CN3CCOCC3)c3ccccc23)c1. The lowest BCUT2D eigenvalue weighted by Gasteiger charge is -2.28. The monoisotopic (exact) mass is 420 g/mol. The lowest BCUT2D eigenvalue weighted by Crippen LogP contribution is -2.42. The Balaban J connectivity index is 1.55. The van der Waals surface area contributed by atoms with Crippen molar-refractivity contribution in [2.75, 3.05) is 46.5 Å². The van der Waals surface area contributed by atoms with E-state index < -0.39 is 6.10 Å². The number of aliphatic hydroxyl groups excluding tert-OH is 1. The second-order valence-electron chi connectivity index (χ2n) is 7.69. The van der Waals surface area contributed by atoms with Crippen molar-refractivity contribution in [2.45, 2.75) is 6.10 Å². The number of carbonyl (C=O) groups is 1. The van der Waals surface area contributed by atoms with Crippen LogP contribution in [0, 0.1) is 0 Å². The van der Waals surface area contributed by atoms with Crippen molar-refractivity contribution < 1.29 is 19.4 Å².